The third-order valence-electron chi connectivity index (χ3n) is 2.42. The van der Waals surface area contributed by atoms with Crippen molar-refractivity contribution in [2.45, 2.75) is 32.4 Å². The summed E-state index contributed by atoms with van der Waals surface area (Å²) in [5.74, 6) is 0.498. The predicted octanol–water partition coefficient (Wildman–Crippen LogP) is 1.58. The van der Waals surface area contributed by atoms with Crippen LogP contribution in [0.2, 0.25) is 5.02 Å². The summed E-state index contributed by atoms with van der Waals surface area (Å²) in [7, 11) is 0. The van der Waals surface area contributed by atoms with Gasteiger partial charge in [-0.15, -0.1) is 0 Å². The van der Waals surface area contributed by atoms with Crippen LogP contribution >= 0.6 is 11.6 Å². The molecule has 0 aliphatic carbocycles. The minimum absolute atomic E-state index is 0.106. The van der Waals surface area contributed by atoms with E-state index >= 15 is 0 Å². The monoisotopic (exact) mass is 314 g/mol. The van der Waals surface area contributed by atoms with Gasteiger partial charge in [-0.05, 0) is 39.0 Å². The van der Waals surface area contributed by atoms with E-state index in [0.29, 0.717) is 10.8 Å². The average molecular weight is 315 g/mol. The quantitative estimate of drug-likeness (QED) is 0.715. The molecule has 0 spiro atoms. The van der Waals surface area contributed by atoms with Gasteiger partial charge in [0.1, 0.15) is 18.5 Å². The van der Waals surface area contributed by atoms with Crippen molar-refractivity contribution in [3.8, 4) is 5.75 Å². The van der Waals surface area contributed by atoms with Gasteiger partial charge in [-0.2, -0.15) is 0 Å². The number of amides is 1. The summed E-state index contributed by atoms with van der Waals surface area (Å²) < 4.78 is 5.41. The van der Waals surface area contributed by atoms with Crippen LogP contribution in [0.15, 0.2) is 24.3 Å². The van der Waals surface area contributed by atoms with Crippen LogP contribution in [-0.2, 0) is 4.79 Å². The molecule has 5 nitrogen and oxygen atoms in total. The number of aliphatic hydroxyl groups excluding tert-OH is 1. The Labute approximate surface area is 130 Å². The van der Waals surface area contributed by atoms with Gasteiger partial charge in [0.15, 0.2) is 0 Å². The van der Waals surface area contributed by atoms with Gasteiger partial charge >= 0.3 is 0 Å². The van der Waals surface area contributed by atoms with E-state index in [1.807, 2.05) is 20.8 Å². The van der Waals surface area contributed by atoms with Crippen LogP contribution in [0.5, 0.6) is 5.75 Å². The van der Waals surface area contributed by atoms with Gasteiger partial charge in [-0.1, -0.05) is 17.7 Å². The Morgan fingerprint density at radius 3 is 2.76 bits per heavy atom. The Hall–Kier alpha value is -1.30. The van der Waals surface area contributed by atoms with Gasteiger partial charge < -0.3 is 20.5 Å². The zero-order chi connectivity index (χ0) is 15.9. The number of carbonyl (C=O) groups excluding carboxylic acids is 1. The fourth-order valence-corrected chi connectivity index (χ4v) is 1.80. The molecule has 118 valence electrons. The molecule has 0 fully saturated rings. The van der Waals surface area contributed by atoms with E-state index in [9.17, 15) is 9.90 Å². The van der Waals surface area contributed by atoms with E-state index in [1.54, 1.807) is 24.3 Å². The third-order valence-corrected chi connectivity index (χ3v) is 2.65. The largest absolute Gasteiger partial charge is 0.491 e. The highest BCUT2D eigenvalue weighted by Crippen LogP contribution is 2.17. The van der Waals surface area contributed by atoms with Gasteiger partial charge in [-0.3, -0.25) is 4.79 Å². The molecule has 1 aromatic carbocycles. The Bertz CT molecular complexity index is 460. The molecule has 1 amide bonds. The Balaban J connectivity index is 2.19. The SMILES string of the molecule is CC(C)(C)NC(=O)CNCC(O)COc1cccc(Cl)c1. The number of aliphatic hydroxyl groups is 1. The van der Waals surface area contributed by atoms with Gasteiger partial charge in [-0.25, -0.2) is 0 Å². The van der Waals surface area contributed by atoms with Crippen molar-refractivity contribution in [1.29, 1.82) is 0 Å². The first-order valence-electron chi connectivity index (χ1n) is 6.84. The highest BCUT2D eigenvalue weighted by atomic mass is 35.5. The van der Waals surface area contributed by atoms with Gasteiger partial charge in [0, 0.05) is 17.1 Å². The number of hydrogen-bond donors (Lipinski definition) is 3. The molecular formula is C15H23ClN2O3. The maximum Gasteiger partial charge on any atom is 0.234 e. The molecule has 1 atom stereocenters. The smallest absolute Gasteiger partial charge is 0.234 e. The van der Waals surface area contributed by atoms with E-state index in [-0.39, 0.29) is 31.1 Å². The maximum absolute atomic E-state index is 11.6. The second-order valence-corrected chi connectivity index (χ2v) is 6.29. The lowest BCUT2D eigenvalue weighted by Crippen LogP contribution is -2.46. The zero-order valence-corrected chi connectivity index (χ0v) is 13.4. The molecule has 0 aromatic heterocycles. The number of benzene rings is 1. The number of hydrogen-bond acceptors (Lipinski definition) is 4. The van der Waals surface area contributed by atoms with Gasteiger partial charge in [0.2, 0.25) is 5.91 Å². The van der Waals surface area contributed by atoms with Crippen molar-refractivity contribution in [3.05, 3.63) is 29.3 Å². The summed E-state index contributed by atoms with van der Waals surface area (Å²) in [5, 5.41) is 16.1. The molecule has 0 aliphatic rings. The number of halogens is 1. The first-order chi connectivity index (χ1) is 9.76. The fraction of sp³-hybridized carbons (Fsp3) is 0.533. The molecule has 0 radical (unpaired) electrons. The van der Waals surface area contributed by atoms with Crippen molar-refractivity contribution in [2.24, 2.45) is 0 Å². The van der Waals surface area contributed by atoms with E-state index in [1.165, 1.54) is 0 Å². The fourth-order valence-electron chi connectivity index (χ4n) is 1.62. The summed E-state index contributed by atoms with van der Waals surface area (Å²) in [6.45, 7) is 6.31. The molecule has 0 heterocycles. The van der Waals surface area contributed by atoms with Crippen LogP contribution in [0.1, 0.15) is 20.8 Å². The Morgan fingerprint density at radius 1 is 1.43 bits per heavy atom. The van der Waals surface area contributed by atoms with Crippen LogP contribution in [-0.4, -0.2) is 42.4 Å². The number of nitrogens with one attached hydrogen (secondary N) is 2. The van der Waals surface area contributed by atoms with Crippen LogP contribution in [0.3, 0.4) is 0 Å². The van der Waals surface area contributed by atoms with E-state index in [2.05, 4.69) is 10.6 Å². The van der Waals surface area contributed by atoms with E-state index in [0.717, 1.165) is 0 Å². The third kappa shape index (κ3) is 8.55. The van der Waals surface area contributed by atoms with E-state index < -0.39 is 6.10 Å². The Kier molecular flexibility index (Phi) is 6.95. The van der Waals surface area contributed by atoms with Crippen LogP contribution in [0.25, 0.3) is 0 Å². The highest BCUT2D eigenvalue weighted by molar-refractivity contribution is 6.30. The number of carbonyl (C=O) groups is 1. The predicted molar refractivity (Wildman–Crippen MR) is 83.7 cm³/mol. The maximum atomic E-state index is 11.6. The standard InChI is InChI=1S/C15H23ClN2O3/c1-15(2,3)18-14(20)9-17-8-12(19)10-21-13-6-4-5-11(16)7-13/h4-7,12,17,19H,8-10H2,1-3H3,(H,18,20). The molecule has 0 bridgehead atoms. The molecular weight excluding hydrogens is 292 g/mol. The van der Waals surface area contributed by atoms with Crippen LogP contribution in [0.4, 0.5) is 0 Å². The van der Waals surface area contributed by atoms with Gasteiger partial charge in [0.05, 0.1) is 6.54 Å². The first-order valence-corrected chi connectivity index (χ1v) is 7.22. The molecule has 0 aliphatic heterocycles. The van der Waals surface area contributed by atoms with Crippen LogP contribution in [0, 0.1) is 0 Å². The topological polar surface area (TPSA) is 70.6 Å². The zero-order valence-electron chi connectivity index (χ0n) is 12.6. The molecule has 1 unspecified atom stereocenters. The molecule has 0 saturated carbocycles. The second kappa shape index (κ2) is 8.22. The lowest BCUT2D eigenvalue weighted by Gasteiger charge is -2.21. The van der Waals surface area contributed by atoms with Gasteiger partial charge in [0.25, 0.3) is 0 Å². The average Bonchev–Trinajstić information content (AvgIpc) is 2.34. The second-order valence-electron chi connectivity index (χ2n) is 5.85. The molecule has 0 saturated heterocycles. The van der Waals surface area contributed by atoms with E-state index in [4.69, 9.17) is 16.3 Å². The first kappa shape index (κ1) is 17.8. The summed E-state index contributed by atoms with van der Waals surface area (Å²) in [6, 6.07) is 6.97. The molecule has 21 heavy (non-hydrogen) atoms. The van der Waals surface area contributed by atoms with Crippen molar-refractivity contribution in [3.63, 3.8) is 0 Å². The lowest BCUT2D eigenvalue weighted by molar-refractivity contribution is -0.121. The lowest BCUT2D eigenvalue weighted by atomic mass is 10.1. The van der Waals surface area contributed by atoms with Crippen molar-refractivity contribution in [2.75, 3.05) is 19.7 Å². The Morgan fingerprint density at radius 2 is 2.14 bits per heavy atom. The number of ether oxygens (including phenoxy) is 1. The van der Waals surface area contributed by atoms with Crippen LogP contribution < -0.4 is 15.4 Å². The molecule has 1 rings (SSSR count). The molecule has 3 N–H and O–H groups in total. The number of rotatable bonds is 7. The minimum atomic E-state index is -0.702. The van der Waals surface area contributed by atoms with Crippen molar-refractivity contribution in [1.82, 2.24) is 10.6 Å². The normalized spacial score (nSPS) is 12.8. The summed E-state index contributed by atoms with van der Waals surface area (Å²) in [5.41, 5.74) is -0.257. The molecule has 6 heteroatoms. The summed E-state index contributed by atoms with van der Waals surface area (Å²) in [6.07, 6.45) is -0.702. The van der Waals surface area contributed by atoms with Crippen molar-refractivity contribution >= 4 is 17.5 Å². The summed E-state index contributed by atoms with van der Waals surface area (Å²) in [4.78, 5) is 11.6. The summed E-state index contributed by atoms with van der Waals surface area (Å²) >= 11 is 5.83. The molecule has 1 aromatic rings. The van der Waals surface area contributed by atoms with Crippen molar-refractivity contribution < 1.29 is 14.6 Å². The highest BCUT2D eigenvalue weighted by Gasteiger charge is 2.13. The minimum Gasteiger partial charge on any atom is -0.491 e.